The number of aryl methyl sites for hydroxylation is 1. The van der Waals surface area contributed by atoms with Crippen LogP contribution in [-0.2, 0) is 11.2 Å². The number of hydrogen-bond donors (Lipinski definition) is 0. The van der Waals surface area contributed by atoms with Gasteiger partial charge in [-0.3, -0.25) is 4.79 Å². The third-order valence-electron chi connectivity index (χ3n) is 3.51. The van der Waals surface area contributed by atoms with E-state index in [0.717, 1.165) is 17.6 Å². The molecule has 0 fully saturated rings. The maximum absolute atomic E-state index is 12.1. The molecule has 0 saturated heterocycles. The molecule has 0 bridgehead atoms. The third kappa shape index (κ3) is 1.21. The lowest BCUT2D eigenvalue weighted by Gasteiger charge is -2.13. The average molecular weight is 210 g/mol. The topological polar surface area (TPSA) is 17.1 Å². The fourth-order valence-electron chi connectivity index (χ4n) is 2.59. The fraction of sp³-hybridized carbons (Fsp3) is 0.267. The molecular weight excluding hydrogens is 196 g/mol. The number of rotatable bonds is 0. The second-order valence-electron chi connectivity index (χ2n) is 4.74. The number of fused-ring (bicyclic) bond motifs is 2. The number of carbonyl (C=O) groups is 1. The Morgan fingerprint density at radius 1 is 1.31 bits per heavy atom. The second kappa shape index (κ2) is 3.18. The molecule has 0 saturated carbocycles. The van der Waals surface area contributed by atoms with E-state index >= 15 is 0 Å². The first kappa shape index (κ1) is 9.59. The highest BCUT2D eigenvalue weighted by Crippen LogP contribution is 2.38. The summed E-state index contributed by atoms with van der Waals surface area (Å²) in [4.78, 5) is 12.1. The SMILES string of the molecule is Cc1ccc2c(c1)CC1=C2C=CC(C)C1=O. The van der Waals surface area contributed by atoms with Gasteiger partial charge in [0.15, 0.2) is 5.78 Å². The first-order chi connectivity index (χ1) is 7.66. The molecular formula is C15H14O. The zero-order valence-corrected chi connectivity index (χ0v) is 9.58. The van der Waals surface area contributed by atoms with Crippen LogP contribution in [0.5, 0.6) is 0 Å². The van der Waals surface area contributed by atoms with E-state index in [0.29, 0.717) is 5.78 Å². The third-order valence-corrected chi connectivity index (χ3v) is 3.51. The van der Waals surface area contributed by atoms with Gasteiger partial charge in [0.2, 0.25) is 0 Å². The van der Waals surface area contributed by atoms with Gasteiger partial charge in [-0.05, 0) is 23.6 Å². The van der Waals surface area contributed by atoms with Crippen LogP contribution in [0.3, 0.4) is 0 Å². The van der Waals surface area contributed by atoms with Crippen molar-refractivity contribution in [3.63, 3.8) is 0 Å². The molecule has 0 amide bonds. The Balaban J connectivity index is 2.15. The van der Waals surface area contributed by atoms with E-state index in [1.54, 1.807) is 0 Å². The molecule has 0 aromatic heterocycles. The predicted octanol–water partition coefficient (Wildman–Crippen LogP) is 3.08. The van der Waals surface area contributed by atoms with E-state index in [-0.39, 0.29) is 5.92 Å². The van der Waals surface area contributed by atoms with Gasteiger partial charge in [0.05, 0.1) is 0 Å². The normalized spacial score (nSPS) is 22.4. The van der Waals surface area contributed by atoms with E-state index in [1.165, 1.54) is 16.7 Å². The molecule has 1 aromatic rings. The molecule has 1 nitrogen and oxygen atoms in total. The molecule has 3 rings (SSSR count). The number of carbonyl (C=O) groups excluding carboxylic acids is 1. The smallest absolute Gasteiger partial charge is 0.166 e. The molecule has 0 radical (unpaired) electrons. The summed E-state index contributed by atoms with van der Waals surface area (Å²) < 4.78 is 0. The van der Waals surface area contributed by atoms with Crippen LogP contribution in [0.15, 0.2) is 35.9 Å². The largest absolute Gasteiger partial charge is 0.294 e. The lowest BCUT2D eigenvalue weighted by atomic mass is 9.90. The summed E-state index contributed by atoms with van der Waals surface area (Å²) in [5.41, 5.74) is 5.98. The van der Waals surface area contributed by atoms with E-state index < -0.39 is 0 Å². The molecule has 0 heterocycles. The summed E-state index contributed by atoms with van der Waals surface area (Å²) in [6, 6.07) is 6.45. The average Bonchev–Trinajstić information content (AvgIpc) is 2.62. The van der Waals surface area contributed by atoms with Gasteiger partial charge in [-0.25, -0.2) is 0 Å². The van der Waals surface area contributed by atoms with E-state index in [9.17, 15) is 4.79 Å². The maximum atomic E-state index is 12.1. The van der Waals surface area contributed by atoms with E-state index in [1.807, 2.05) is 13.0 Å². The predicted molar refractivity (Wildman–Crippen MR) is 65.1 cm³/mol. The number of benzene rings is 1. The minimum atomic E-state index is 0.0501. The fourth-order valence-corrected chi connectivity index (χ4v) is 2.59. The molecule has 16 heavy (non-hydrogen) atoms. The van der Waals surface area contributed by atoms with Gasteiger partial charge in [0, 0.05) is 17.9 Å². The minimum Gasteiger partial charge on any atom is -0.294 e. The minimum absolute atomic E-state index is 0.0501. The Labute approximate surface area is 95.5 Å². The molecule has 0 N–H and O–H groups in total. The van der Waals surface area contributed by atoms with E-state index in [4.69, 9.17) is 0 Å². The van der Waals surface area contributed by atoms with Gasteiger partial charge in [-0.2, -0.15) is 0 Å². The van der Waals surface area contributed by atoms with Crippen molar-refractivity contribution in [3.05, 3.63) is 52.6 Å². The summed E-state index contributed by atoms with van der Waals surface area (Å²) in [6.45, 7) is 4.06. The molecule has 0 spiro atoms. The van der Waals surface area contributed by atoms with Gasteiger partial charge < -0.3 is 0 Å². The molecule has 2 aliphatic carbocycles. The van der Waals surface area contributed by atoms with Gasteiger partial charge in [0.25, 0.3) is 0 Å². The first-order valence-electron chi connectivity index (χ1n) is 5.72. The Kier molecular flexibility index (Phi) is 1.90. The first-order valence-corrected chi connectivity index (χ1v) is 5.72. The van der Waals surface area contributed by atoms with Crippen LogP contribution in [0.2, 0.25) is 0 Å². The van der Waals surface area contributed by atoms with Crippen LogP contribution in [0.25, 0.3) is 5.57 Å². The standard InChI is InChI=1S/C15H14O/c1-9-3-5-12-11(7-9)8-14-13(12)6-4-10(2)15(14)16/h3-7,10H,8H2,1-2H3. The zero-order valence-electron chi connectivity index (χ0n) is 9.58. The van der Waals surface area contributed by atoms with Crippen molar-refractivity contribution in [3.8, 4) is 0 Å². The van der Waals surface area contributed by atoms with Gasteiger partial charge >= 0.3 is 0 Å². The van der Waals surface area contributed by atoms with Crippen LogP contribution in [0.1, 0.15) is 23.6 Å². The van der Waals surface area contributed by atoms with Crippen LogP contribution in [0, 0.1) is 12.8 Å². The van der Waals surface area contributed by atoms with Crippen LogP contribution < -0.4 is 0 Å². The van der Waals surface area contributed by atoms with Gasteiger partial charge in [-0.1, -0.05) is 42.8 Å². The van der Waals surface area contributed by atoms with E-state index in [2.05, 4.69) is 31.2 Å². The van der Waals surface area contributed by atoms with Crippen LogP contribution in [-0.4, -0.2) is 5.78 Å². The number of allylic oxidation sites excluding steroid dienone is 4. The van der Waals surface area contributed by atoms with Crippen molar-refractivity contribution < 1.29 is 4.79 Å². The van der Waals surface area contributed by atoms with Crippen molar-refractivity contribution in [2.24, 2.45) is 5.92 Å². The number of Topliss-reactive ketones (excluding diaryl/α,β-unsaturated/α-hetero) is 1. The van der Waals surface area contributed by atoms with Crippen LogP contribution in [0.4, 0.5) is 0 Å². The number of ketones is 1. The Bertz CT molecular complexity index is 547. The lowest BCUT2D eigenvalue weighted by Crippen LogP contribution is -2.14. The molecule has 80 valence electrons. The molecule has 1 aromatic carbocycles. The monoisotopic (exact) mass is 210 g/mol. The van der Waals surface area contributed by atoms with Crippen molar-refractivity contribution >= 4 is 11.4 Å². The highest BCUT2D eigenvalue weighted by atomic mass is 16.1. The van der Waals surface area contributed by atoms with Crippen molar-refractivity contribution in [1.29, 1.82) is 0 Å². The Morgan fingerprint density at radius 3 is 2.94 bits per heavy atom. The van der Waals surface area contributed by atoms with Crippen molar-refractivity contribution in [2.45, 2.75) is 20.3 Å². The molecule has 1 heteroatoms. The van der Waals surface area contributed by atoms with Gasteiger partial charge in [-0.15, -0.1) is 0 Å². The quantitative estimate of drug-likeness (QED) is 0.643. The Morgan fingerprint density at radius 2 is 2.12 bits per heavy atom. The molecule has 1 atom stereocenters. The number of hydrogen-bond acceptors (Lipinski definition) is 1. The summed E-state index contributed by atoms with van der Waals surface area (Å²) >= 11 is 0. The summed E-state index contributed by atoms with van der Waals surface area (Å²) in [5.74, 6) is 0.348. The maximum Gasteiger partial charge on any atom is 0.166 e. The summed E-state index contributed by atoms with van der Waals surface area (Å²) in [7, 11) is 0. The van der Waals surface area contributed by atoms with Crippen LogP contribution >= 0.6 is 0 Å². The second-order valence-corrected chi connectivity index (χ2v) is 4.74. The molecule has 2 aliphatic rings. The summed E-state index contributed by atoms with van der Waals surface area (Å²) in [6.07, 6.45) is 4.94. The lowest BCUT2D eigenvalue weighted by molar-refractivity contribution is -0.117. The Hall–Kier alpha value is -1.63. The van der Waals surface area contributed by atoms with Crippen molar-refractivity contribution in [2.75, 3.05) is 0 Å². The van der Waals surface area contributed by atoms with Crippen molar-refractivity contribution in [1.82, 2.24) is 0 Å². The highest BCUT2D eigenvalue weighted by molar-refractivity contribution is 6.10. The van der Waals surface area contributed by atoms with Gasteiger partial charge in [0.1, 0.15) is 0 Å². The highest BCUT2D eigenvalue weighted by Gasteiger charge is 2.29. The molecule has 0 aliphatic heterocycles. The zero-order chi connectivity index (χ0) is 11.3. The molecule has 1 unspecified atom stereocenters. The summed E-state index contributed by atoms with van der Waals surface area (Å²) in [5, 5.41) is 0.